The molecule has 0 saturated carbocycles. The Hall–Kier alpha value is -3.20. The van der Waals surface area contributed by atoms with E-state index in [0.717, 1.165) is 23.7 Å². The molecule has 0 unspecified atom stereocenters. The smallest absolute Gasteiger partial charge is 0.277 e. The van der Waals surface area contributed by atoms with E-state index in [1.807, 2.05) is 12.1 Å². The second-order valence-electron chi connectivity index (χ2n) is 5.95. The molecule has 0 aliphatic carbocycles. The molecule has 0 saturated heterocycles. The molecule has 0 fully saturated rings. The molecule has 1 amide bonds. The van der Waals surface area contributed by atoms with Crippen LogP contribution in [-0.2, 0) is 17.6 Å². The summed E-state index contributed by atoms with van der Waals surface area (Å²) in [5.74, 6) is 0.210. The summed E-state index contributed by atoms with van der Waals surface area (Å²) in [6, 6.07) is 14.0. The number of aryl methyl sites for hydroxylation is 1. The summed E-state index contributed by atoms with van der Waals surface area (Å²) in [7, 11) is 0. The summed E-state index contributed by atoms with van der Waals surface area (Å²) < 4.78 is 5.57. The van der Waals surface area contributed by atoms with Gasteiger partial charge >= 0.3 is 0 Å². The standard InChI is InChI=1S/C19H18N4O4S/c1-2-13-6-8-14(9-7-13)10-18-21-22-19(27-18)28-12-17(24)20-15-4-3-5-16(11-15)23(25)26/h3-9,11H,2,10,12H2,1H3,(H,20,24). The highest BCUT2D eigenvalue weighted by Gasteiger charge is 2.12. The SMILES string of the molecule is CCc1ccc(Cc2nnc(SCC(=O)Nc3cccc([N+](=O)[O-])c3)o2)cc1. The van der Waals surface area contributed by atoms with Gasteiger partial charge in [-0.05, 0) is 23.6 Å². The molecule has 8 nitrogen and oxygen atoms in total. The van der Waals surface area contributed by atoms with Gasteiger partial charge in [-0.1, -0.05) is 49.0 Å². The van der Waals surface area contributed by atoms with E-state index in [4.69, 9.17) is 4.42 Å². The molecule has 2 aromatic carbocycles. The van der Waals surface area contributed by atoms with Gasteiger partial charge in [-0.25, -0.2) is 0 Å². The average Bonchev–Trinajstić information content (AvgIpc) is 3.14. The van der Waals surface area contributed by atoms with Crippen molar-refractivity contribution in [2.75, 3.05) is 11.1 Å². The number of benzene rings is 2. The van der Waals surface area contributed by atoms with Crippen LogP contribution < -0.4 is 5.32 Å². The molecule has 0 aliphatic rings. The topological polar surface area (TPSA) is 111 Å². The zero-order valence-electron chi connectivity index (χ0n) is 15.1. The molecular weight excluding hydrogens is 380 g/mol. The van der Waals surface area contributed by atoms with E-state index >= 15 is 0 Å². The first-order valence-electron chi connectivity index (χ1n) is 8.61. The number of thioether (sulfide) groups is 1. The third kappa shape index (κ3) is 5.40. The number of nitro groups is 1. The van der Waals surface area contributed by atoms with Crippen molar-refractivity contribution in [2.45, 2.75) is 25.0 Å². The maximum atomic E-state index is 12.0. The normalized spacial score (nSPS) is 10.6. The van der Waals surface area contributed by atoms with E-state index in [1.54, 1.807) is 6.07 Å². The van der Waals surface area contributed by atoms with Crippen LogP contribution in [0.25, 0.3) is 0 Å². The minimum absolute atomic E-state index is 0.0511. The van der Waals surface area contributed by atoms with E-state index in [1.165, 1.54) is 23.8 Å². The van der Waals surface area contributed by atoms with Crippen molar-refractivity contribution < 1.29 is 14.1 Å². The van der Waals surface area contributed by atoms with Crippen molar-refractivity contribution in [1.82, 2.24) is 10.2 Å². The lowest BCUT2D eigenvalue weighted by molar-refractivity contribution is -0.384. The van der Waals surface area contributed by atoms with Crippen LogP contribution in [0.3, 0.4) is 0 Å². The molecule has 9 heteroatoms. The number of nitro benzene ring substituents is 1. The minimum atomic E-state index is -0.514. The fourth-order valence-corrected chi connectivity index (χ4v) is 3.04. The number of non-ortho nitro benzene ring substituents is 1. The Balaban J connectivity index is 1.51. The van der Waals surface area contributed by atoms with Gasteiger partial charge in [-0.15, -0.1) is 10.2 Å². The summed E-state index contributed by atoms with van der Waals surface area (Å²) in [5, 5.41) is 21.6. The molecule has 0 aliphatic heterocycles. The number of anilines is 1. The highest BCUT2D eigenvalue weighted by molar-refractivity contribution is 7.99. The van der Waals surface area contributed by atoms with E-state index in [2.05, 4.69) is 34.6 Å². The zero-order chi connectivity index (χ0) is 19.9. The quantitative estimate of drug-likeness (QED) is 0.348. The van der Waals surface area contributed by atoms with Gasteiger partial charge < -0.3 is 9.73 Å². The number of nitrogens with zero attached hydrogens (tertiary/aromatic N) is 3. The first kappa shape index (κ1) is 19.6. The van der Waals surface area contributed by atoms with Crippen molar-refractivity contribution in [3.8, 4) is 0 Å². The predicted molar refractivity (Wildman–Crippen MR) is 105 cm³/mol. The lowest BCUT2D eigenvalue weighted by atomic mass is 10.1. The molecular formula is C19H18N4O4S. The summed E-state index contributed by atoms with van der Waals surface area (Å²) in [5.41, 5.74) is 2.61. The molecule has 1 N–H and O–H groups in total. The Morgan fingerprint density at radius 3 is 2.64 bits per heavy atom. The van der Waals surface area contributed by atoms with Crippen LogP contribution in [0.2, 0.25) is 0 Å². The van der Waals surface area contributed by atoms with Crippen LogP contribution >= 0.6 is 11.8 Å². The van der Waals surface area contributed by atoms with Crippen molar-refractivity contribution in [2.24, 2.45) is 0 Å². The summed E-state index contributed by atoms with van der Waals surface area (Å²) >= 11 is 1.11. The molecule has 1 heterocycles. The van der Waals surface area contributed by atoms with Crippen LogP contribution in [0.5, 0.6) is 0 Å². The monoisotopic (exact) mass is 398 g/mol. The number of carbonyl (C=O) groups excluding carboxylic acids is 1. The number of amides is 1. The Labute approximate surface area is 165 Å². The summed E-state index contributed by atoms with van der Waals surface area (Å²) in [4.78, 5) is 22.3. The number of hydrogen-bond acceptors (Lipinski definition) is 7. The Bertz CT molecular complexity index is 972. The van der Waals surface area contributed by atoms with Crippen LogP contribution in [0, 0.1) is 10.1 Å². The number of nitrogens with one attached hydrogen (secondary N) is 1. The zero-order valence-corrected chi connectivity index (χ0v) is 15.9. The van der Waals surface area contributed by atoms with Crippen LogP contribution in [0.1, 0.15) is 23.9 Å². The number of aromatic nitrogens is 2. The fourth-order valence-electron chi connectivity index (χ4n) is 2.46. The van der Waals surface area contributed by atoms with Gasteiger partial charge in [0, 0.05) is 17.8 Å². The summed E-state index contributed by atoms with van der Waals surface area (Å²) in [6.45, 7) is 2.10. The fraction of sp³-hybridized carbons (Fsp3) is 0.211. The third-order valence-electron chi connectivity index (χ3n) is 3.90. The molecule has 0 atom stereocenters. The van der Waals surface area contributed by atoms with Gasteiger partial charge in [0.05, 0.1) is 17.1 Å². The first-order chi connectivity index (χ1) is 13.5. The van der Waals surface area contributed by atoms with Crippen molar-refractivity contribution in [3.05, 3.63) is 75.7 Å². The lowest BCUT2D eigenvalue weighted by Crippen LogP contribution is -2.14. The van der Waals surface area contributed by atoms with Crippen molar-refractivity contribution in [3.63, 3.8) is 0 Å². The Morgan fingerprint density at radius 1 is 1.18 bits per heavy atom. The lowest BCUT2D eigenvalue weighted by Gasteiger charge is -2.03. The first-order valence-corrected chi connectivity index (χ1v) is 9.59. The Kier molecular flexibility index (Phi) is 6.38. The molecule has 3 aromatic rings. The molecule has 28 heavy (non-hydrogen) atoms. The molecule has 0 radical (unpaired) electrons. The van der Waals surface area contributed by atoms with Gasteiger partial charge in [-0.2, -0.15) is 0 Å². The number of rotatable bonds is 8. The van der Waals surface area contributed by atoms with Gasteiger partial charge in [0.25, 0.3) is 10.9 Å². The minimum Gasteiger partial charge on any atom is -0.416 e. The maximum absolute atomic E-state index is 12.0. The van der Waals surface area contributed by atoms with Gasteiger partial charge in [0.15, 0.2) is 0 Å². The second-order valence-corrected chi connectivity index (χ2v) is 6.88. The average molecular weight is 398 g/mol. The molecule has 0 spiro atoms. The molecule has 1 aromatic heterocycles. The van der Waals surface area contributed by atoms with Crippen LogP contribution in [0.4, 0.5) is 11.4 Å². The molecule has 3 rings (SSSR count). The van der Waals surface area contributed by atoms with Crippen LogP contribution in [0.15, 0.2) is 58.2 Å². The molecule has 0 bridgehead atoms. The number of hydrogen-bond donors (Lipinski definition) is 1. The van der Waals surface area contributed by atoms with Crippen LogP contribution in [-0.4, -0.2) is 26.8 Å². The van der Waals surface area contributed by atoms with Gasteiger partial charge in [0.1, 0.15) is 0 Å². The van der Waals surface area contributed by atoms with Crippen molar-refractivity contribution >= 4 is 29.0 Å². The van der Waals surface area contributed by atoms with Gasteiger partial charge in [0.2, 0.25) is 11.8 Å². The predicted octanol–water partition coefficient (Wildman–Crippen LogP) is 3.86. The van der Waals surface area contributed by atoms with E-state index < -0.39 is 4.92 Å². The Morgan fingerprint density at radius 2 is 1.93 bits per heavy atom. The number of carbonyl (C=O) groups is 1. The maximum Gasteiger partial charge on any atom is 0.277 e. The van der Waals surface area contributed by atoms with E-state index in [0.29, 0.717) is 23.2 Å². The second kappa shape index (κ2) is 9.14. The third-order valence-corrected chi connectivity index (χ3v) is 4.72. The highest BCUT2D eigenvalue weighted by Crippen LogP contribution is 2.20. The van der Waals surface area contributed by atoms with E-state index in [9.17, 15) is 14.9 Å². The van der Waals surface area contributed by atoms with E-state index in [-0.39, 0.29) is 17.3 Å². The largest absolute Gasteiger partial charge is 0.416 e. The van der Waals surface area contributed by atoms with Gasteiger partial charge in [-0.3, -0.25) is 14.9 Å². The highest BCUT2D eigenvalue weighted by atomic mass is 32.2. The van der Waals surface area contributed by atoms with Crippen molar-refractivity contribution in [1.29, 1.82) is 0 Å². The molecule has 144 valence electrons. The summed E-state index contributed by atoms with van der Waals surface area (Å²) in [6.07, 6.45) is 1.51.